The first-order valence-corrected chi connectivity index (χ1v) is 6.42. The highest BCUT2D eigenvalue weighted by atomic mass is 35.5. The molecule has 0 saturated heterocycles. The van der Waals surface area contributed by atoms with E-state index in [4.69, 9.17) is 21.8 Å². The Bertz CT molecular complexity index is 831. The Hall–Kier alpha value is -1.98. The zero-order valence-corrected chi connectivity index (χ0v) is 11.3. The summed E-state index contributed by atoms with van der Waals surface area (Å²) in [7, 11) is 0. The Morgan fingerprint density at radius 2 is 1.76 bits per heavy atom. The third-order valence-electron chi connectivity index (χ3n) is 3.18. The lowest BCUT2D eigenvalue weighted by Gasteiger charge is -2.11. The van der Waals surface area contributed by atoms with Crippen LogP contribution in [-0.2, 0) is 0 Å². The number of furan rings is 1. The molecule has 3 aromatic rings. The minimum absolute atomic E-state index is 0.0866. The summed E-state index contributed by atoms with van der Waals surface area (Å²) in [5.74, 6) is -1.73. The summed E-state index contributed by atoms with van der Waals surface area (Å²) >= 11 is 5.50. The van der Waals surface area contributed by atoms with Crippen molar-refractivity contribution in [1.29, 1.82) is 0 Å². The molecular formula is C15H9ClF3NO. The standard InChI is InChI=1S/C15H9ClF3NO/c16-10-6-11(18)9(5-12(10)19)15(20)14-4-7-3-8(17)1-2-13(7)21-14/h1-6,15H,20H2. The van der Waals surface area contributed by atoms with Gasteiger partial charge in [0.15, 0.2) is 0 Å². The van der Waals surface area contributed by atoms with E-state index >= 15 is 0 Å². The Morgan fingerprint density at radius 1 is 1.00 bits per heavy atom. The first-order valence-electron chi connectivity index (χ1n) is 6.04. The SMILES string of the molecule is NC(c1cc2cc(F)ccc2o1)c1cc(F)c(Cl)cc1F. The molecule has 0 radical (unpaired) electrons. The minimum Gasteiger partial charge on any atom is -0.459 e. The number of halogens is 4. The van der Waals surface area contributed by atoms with Gasteiger partial charge >= 0.3 is 0 Å². The smallest absolute Gasteiger partial charge is 0.142 e. The van der Waals surface area contributed by atoms with E-state index in [2.05, 4.69) is 0 Å². The molecule has 108 valence electrons. The van der Waals surface area contributed by atoms with Crippen LogP contribution < -0.4 is 5.73 Å². The van der Waals surface area contributed by atoms with Crippen molar-refractivity contribution in [2.75, 3.05) is 0 Å². The van der Waals surface area contributed by atoms with Gasteiger partial charge in [0.05, 0.1) is 11.1 Å². The molecule has 0 aliphatic heterocycles. The maximum Gasteiger partial charge on any atom is 0.142 e. The lowest BCUT2D eigenvalue weighted by atomic mass is 10.0. The highest BCUT2D eigenvalue weighted by Crippen LogP contribution is 2.30. The highest BCUT2D eigenvalue weighted by molar-refractivity contribution is 6.30. The van der Waals surface area contributed by atoms with Gasteiger partial charge in [-0.1, -0.05) is 11.6 Å². The highest BCUT2D eigenvalue weighted by Gasteiger charge is 2.20. The molecule has 1 heterocycles. The monoisotopic (exact) mass is 311 g/mol. The van der Waals surface area contributed by atoms with Crippen molar-refractivity contribution < 1.29 is 17.6 Å². The third-order valence-corrected chi connectivity index (χ3v) is 3.47. The number of hydrogen-bond donors (Lipinski definition) is 1. The molecule has 1 unspecified atom stereocenters. The van der Waals surface area contributed by atoms with Crippen LogP contribution in [0, 0.1) is 17.5 Å². The van der Waals surface area contributed by atoms with Crippen LogP contribution in [-0.4, -0.2) is 0 Å². The number of rotatable bonds is 2. The van der Waals surface area contributed by atoms with Gasteiger partial charge in [0.25, 0.3) is 0 Å². The van der Waals surface area contributed by atoms with Gasteiger partial charge in [-0.05, 0) is 36.4 Å². The van der Waals surface area contributed by atoms with Crippen molar-refractivity contribution in [3.05, 3.63) is 70.2 Å². The number of nitrogens with two attached hydrogens (primary N) is 1. The molecule has 6 heteroatoms. The van der Waals surface area contributed by atoms with Crippen LogP contribution in [0.15, 0.2) is 40.8 Å². The molecule has 2 nitrogen and oxygen atoms in total. The summed E-state index contributed by atoms with van der Waals surface area (Å²) in [5.41, 5.74) is 6.23. The molecule has 21 heavy (non-hydrogen) atoms. The van der Waals surface area contributed by atoms with Gasteiger partial charge in [-0.25, -0.2) is 13.2 Å². The summed E-state index contributed by atoms with van der Waals surface area (Å²) in [6, 6.07) is 6.21. The fourth-order valence-electron chi connectivity index (χ4n) is 2.12. The van der Waals surface area contributed by atoms with Gasteiger partial charge in [-0.15, -0.1) is 0 Å². The van der Waals surface area contributed by atoms with Crippen molar-refractivity contribution in [3.8, 4) is 0 Å². The Morgan fingerprint density at radius 3 is 2.52 bits per heavy atom. The zero-order chi connectivity index (χ0) is 15.1. The second-order valence-corrected chi connectivity index (χ2v) is 5.00. The molecule has 0 saturated carbocycles. The van der Waals surface area contributed by atoms with Crippen molar-refractivity contribution in [2.45, 2.75) is 6.04 Å². The fourth-order valence-corrected chi connectivity index (χ4v) is 2.27. The van der Waals surface area contributed by atoms with Gasteiger partial charge in [0.2, 0.25) is 0 Å². The predicted octanol–water partition coefficient (Wildman–Crippen LogP) is 4.55. The van der Waals surface area contributed by atoms with E-state index in [1.54, 1.807) is 0 Å². The van der Waals surface area contributed by atoms with Crippen molar-refractivity contribution >= 4 is 22.6 Å². The Kier molecular flexibility index (Phi) is 3.39. The summed E-state index contributed by atoms with van der Waals surface area (Å²) in [6.45, 7) is 0. The quantitative estimate of drug-likeness (QED) is 0.705. The van der Waals surface area contributed by atoms with Gasteiger partial charge in [-0.3, -0.25) is 0 Å². The minimum atomic E-state index is -1.02. The van der Waals surface area contributed by atoms with E-state index in [0.29, 0.717) is 11.0 Å². The van der Waals surface area contributed by atoms with Crippen molar-refractivity contribution in [3.63, 3.8) is 0 Å². The largest absolute Gasteiger partial charge is 0.459 e. The van der Waals surface area contributed by atoms with Crippen LogP contribution in [0.25, 0.3) is 11.0 Å². The van der Waals surface area contributed by atoms with Crippen LogP contribution in [0.5, 0.6) is 0 Å². The second kappa shape index (κ2) is 5.09. The average molecular weight is 312 g/mol. The van der Waals surface area contributed by atoms with Gasteiger partial charge < -0.3 is 10.2 Å². The molecule has 2 N–H and O–H groups in total. The summed E-state index contributed by atoms with van der Waals surface area (Å²) < 4.78 is 45.9. The first-order chi connectivity index (χ1) is 9.95. The maximum atomic E-state index is 13.9. The Labute approximate surface area is 122 Å². The first kappa shape index (κ1) is 14.0. The van der Waals surface area contributed by atoms with Crippen LogP contribution >= 0.6 is 11.6 Å². The number of fused-ring (bicyclic) bond motifs is 1. The lowest BCUT2D eigenvalue weighted by Crippen LogP contribution is -2.13. The van der Waals surface area contributed by atoms with E-state index in [1.165, 1.54) is 24.3 Å². The topological polar surface area (TPSA) is 39.2 Å². The van der Waals surface area contributed by atoms with E-state index < -0.39 is 23.5 Å². The molecule has 1 aromatic heterocycles. The molecule has 2 aromatic carbocycles. The van der Waals surface area contributed by atoms with E-state index in [-0.39, 0.29) is 16.3 Å². The Balaban J connectivity index is 2.07. The van der Waals surface area contributed by atoms with Gasteiger partial charge in [-0.2, -0.15) is 0 Å². The molecule has 0 aliphatic carbocycles. The molecule has 0 amide bonds. The molecular weight excluding hydrogens is 303 g/mol. The summed E-state index contributed by atoms with van der Waals surface area (Å²) in [4.78, 5) is 0. The maximum absolute atomic E-state index is 13.9. The molecule has 0 spiro atoms. The summed E-state index contributed by atoms with van der Waals surface area (Å²) in [5, 5.41) is 0.172. The van der Waals surface area contributed by atoms with Crippen LogP contribution in [0.4, 0.5) is 13.2 Å². The molecule has 3 rings (SSSR count). The van der Waals surface area contributed by atoms with E-state index in [9.17, 15) is 13.2 Å². The van der Waals surface area contributed by atoms with E-state index in [1.807, 2.05) is 0 Å². The number of benzene rings is 2. The predicted molar refractivity (Wildman–Crippen MR) is 73.6 cm³/mol. The molecule has 0 bridgehead atoms. The van der Waals surface area contributed by atoms with Crippen LogP contribution in [0.1, 0.15) is 17.4 Å². The van der Waals surface area contributed by atoms with E-state index in [0.717, 1.165) is 12.1 Å². The second-order valence-electron chi connectivity index (χ2n) is 4.60. The van der Waals surface area contributed by atoms with Crippen LogP contribution in [0.3, 0.4) is 0 Å². The van der Waals surface area contributed by atoms with Crippen LogP contribution in [0.2, 0.25) is 5.02 Å². The fraction of sp³-hybridized carbons (Fsp3) is 0.0667. The van der Waals surface area contributed by atoms with Crippen molar-refractivity contribution in [1.82, 2.24) is 0 Å². The normalized spacial score (nSPS) is 12.8. The number of hydrogen-bond acceptors (Lipinski definition) is 2. The average Bonchev–Trinajstić information content (AvgIpc) is 2.85. The van der Waals surface area contributed by atoms with Gasteiger partial charge in [0, 0.05) is 10.9 Å². The molecule has 0 aliphatic rings. The molecule has 0 fully saturated rings. The third kappa shape index (κ3) is 2.50. The lowest BCUT2D eigenvalue weighted by molar-refractivity contribution is 0.506. The van der Waals surface area contributed by atoms with Gasteiger partial charge in [0.1, 0.15) is 28.8 Å². The summed E-state index contributed by atoms with van der Waals surface area (Å²) in [6.07, 6.45) is 0. The molecule has 1 atom stereocenters. The zero-order valence-electron chi connectivity index (χ0n) is 10.5. The van der Waals surface area contributed by atoms with Crippen molar-refractivity contribution in [2.24, 2.45) is 5.73 Å².